The van der Waals surface area contributed by atoms with Crippen LogP contribution in [-0.2, 0) is 13.1 Å². The van der Waals surface area contributed by atoms with Gasteiger partial charge in [0.1, 0.15) is 5.56 Å². The number of hydrogen-bond acceptors (Lipinski definition) is 3. The number of ketones is 1. The summed E-state index contributed by atoms with van der Waals surface area (Å²) in [5.41, 5.74) is 3.09. The lowest BCUT2D eigenvalue weighted by Gasteiger charge is -2.30. The van der Waals surface area contributed by atoms with E-state index in [1.54, 1.807) is 29.2 Å². The smallest absolute Gasteiger partial charge is 0.339 e. The SMILES string of the molecule is CC(=O)c1ccc(NC(=O)N2CCn3c(c(C(=O)O)c(Cl)c3-c3ccccc3)C2)cc1. The summed E-state index contributed by atoms with van der Waals surface area (Å²) in [6.45, 7) is 2.41. The molecule has 0 atom stereocenters. The molecule has 0 bridgehead atoms. The first kappa shape index (κ1) is 20.7. The standard InChI is InChI=1S/C23H20ClN3O4/c1-14(28)15-7-9-17(10-8-15)25-23(31)26-11-12-27-18(13-26)19(22(29)30)20(24)21(27)16-5-3-2-4-6-16/h2-10H,11-13H2,1H3,(H,25,31)(H,29,30). The highest BCUT2D eigenvalue weighted by Crippen LogP contribution is 2.38. The number of fused-ring (bicyclic) bond motifs is 1. The van der Waals surface area contributed by atoms with E-state index in [9.17, 15) is 19.5 Å². The average molecular weight is 438 g/mol. The number of nitrogens with zero attached hydrogens (tertiary/aromatic N) is 2. The van der Waals surface area contributed by atoms with Gasteiger partial charge in [-0.3, -0.25) is 4.79 Å². The number of hydrogen-bond donors (Lipinski definition) is 2. The van der Waals surface area contributed by atoms with E-state index in [2.05, 4.69) is 5.32 Å². The Hall–Kier alpha value is -3.58. The Labute approximate surface area is 183 Å². The lowest BCUT2D eigenvalue weighted by Crippen LogP contribution is -2.41. The van der Waals surface area contributed by atoms with Crippen LogP contribution in [-0.4, -0.2) is 38.9 Å². The van der Waals surface area contributed by atoms with Crippen molar-refractivity contribution in [3.05, 3.63) is 76.4 Å². The topological polar surface area (TPSA) is 91.6 Å². The van der Waals surface area contributed by atoms with Crippen LogP contribution in [0.2, 0.25) is 5.02 Å². The summed E-state index contributed by atoms with van der Waals surface area (Å²) in [7, 11) is 0. The number of carbonyl (C=O) groups excluding carboxylic acids is 2. The molecule has 158 valence electrons. The number of halogens is 1. The monoisotopic (exact) mass is 437 g/mol. The van der Waals surface area contributed by atoms with E-state index >= 15 is 0 Å². The van der Waals surface area contributed by atoms with Crippen LogP contribution in [0, 0.1) is 0 Å². The van der Waals surface area contributed by atoms with Crippen molar-refractivity contribution in [1.29, 1.82) is 0 Å². The molecule has 4 rings (SSSR count). The van der Waals surface area contributed by atoms with Gasteiger partial charge in [-0.2, -0.15) is 0 Å². The maximum atomic E-state index is 12.8. The number of aromatic carboxylic acids is 1. The second kappa shape index (κ2) is 8.28. The Morgan fingerprint density at radius 1 is 1.00 bits per heavy atom. The Morgan fingerprint density at radius 2 is 1.68 bits per heavy atom. The molecule has 1 aliphatic heterocycles. The number of nitrogens with one attached hydrogen (secondary N) is 1. The predicted molar refractivity (Wildman–Crippen MR) is 118 cm³/mol. The van der Waals surface area contributed by atoms with Gasteiger partial charge in [0.2, 0.25) is 0 Å². The third kappa shape index (κ3) is 3.92. The van der Waals surface area contributed by atoms with Crippen molar-refractivity contribution in [3.63, 3.8) is 0 Å². The number of carbonyl (C=O) groups is 3. The molecule has 0 saturated heterocycles. The van der Waals surface area contributed by atoms with E-state index in [0.717, 1.165) is 5.56 Å². The molecule has 1 aliphatic rings. The van der Waals surface area contributed by atoms with Crippen LogP contribution in [0.5, 0.6) is 0 Å². The molecular weight excluding hydrogens is 418 g/mol. The van der Waals surface area contributed by atoms with Gasteiger partial charge in [-0.05, 0) is 36.8 Å². The van der Waals surface area contributed by atoms with Gasteiger partial charge < -0.3 is 19.9 Å². The number of benzene rings is 2. The maximum absolute atomic E-state index is 12.8. The quantitative estimate of drug-likeness (QED) is 0.576. The average Bonchev–Trinajstić information content (AvgIpc) is 3.05. The molecule has 0 fully saturated rings. The van der Waals surface area contributed by atoms with Gasteiger partial charge in [0.25, 0.3) is 0 Å². The van der Waals surface area contributed by atoms with Crippen LogP contribution in [0.25, 0.3) is 11.3 Å². The fourth-order valence-electron chi connectivity index (χ4n) is 3.79. The Balaban J connectivity index is 1.61. The fraction of sp³-hybridized carbons (Fsp3) is 0.174. The summed E-state index contributed by atoms with van der Waals surface area (Å²) in [6.07, 6.45) is 0. The van der Waals surface area contributed by atoms with Gasteiger partial charge >= 0.3 is 12.0 Å². The maximum Gasteiger partial charge on any atom is 0.339 e. The van der Waals surface area contributed by atoms with E-state index in [-0.39, 0.29) is 28.9 Å². The van der Waals surface area contributed by atoms with E-state index < -0.39 is 5.97 Å². The molecule has 2 aromatic carbocycles. The molecule has 3 aromatic rings. The number of carboxylic acid groups (broad SMARTS) is 1. The molecule has 31 heavy (non-hydrogen) atoms. The largest absolute Gasteiger partial charge is 0.478 e. The van der Waals surface area contributed by atoms with E-state index in [1.165, 1.54) is 6.92 Å². The molecule has 2 amide bonds. The van der Waals surface area contributed by atoms with Crippen LogP contribution in [0.4, 0.5) is 10.5 Å². The molecular formula is C23H20ClN3O4. The number of amides is 2. The summed E-state index contributed by atoms with van der Waals surface area (Å²) < 4.78 is 1.88. The van der Waals surface area contributed by atoms with Crippen LogP contribution < -0.4 is 5.32 Å². The Bertz CT molecular complexity index is 1170. The van der Waals surface area contributed by atoms with Gasteiger partial charge in [0.15, 0.2) is 5.78 Å². The van der Waals surface area contributed by atoms with Crippen molar-refractivity contribution >= 4 is 35.1 Å². The van der Waals surface area contributed by atoms with Crippen LogP contribution >= 0.6 is 11.6 Å². The summed E-state index contributed by atoms with van der Waals surface area (Å²) in [5, 5.41) is 12.7. The van der Waals surface area contributed by atoms with Crippen molar-refractivity contribution in [3.8, 4) is 11.3 Å². The molecule has 0 unspecified atom stereocenters. The molecule has 0 radical (unpaired) electrons. The van der Waals surface area contributed by atoms with E-state index in [4.69, 9.17) is 11.6 Å². The predicted octanol–water partition coefficient (Wildman–Crippen LogP) is 4.76. The Morgan fingerprint density at radius 3 is 2.29 bits per heavy atom. The molecule has 8 heteroatoms. The zero-order valence-corrected chi connectivity index (χ0v) is 17.5. The van der Waals surface area contributed by atoms with Crippen LogP contribution in [0.1, 0.15) is 33.3 Å². The lowest BCUT2D eigenvalue weighted by molar-refractivity contribution is 0.0693. The first-order chi connectivity index (χ1) is 14.9. The third-order valence-corrected chi connectivity index (χ3v) is 5.70. The van der Waals surface area contributed by atoms with Crippen molar-refractivity contribution in [2.45, 2.75) is 20.0 Å². The number of anilines is 1. The van der Waals surface area contributed by atoms with Crippen LogP contribution in [0.15, 0.2) is 54.6 Å². The number of Topliss-reactive ketones (excluding diaryl/α,β-unsaturated/α-hetero) is 1. The summed E-state index contributed by atoms with van der Waals surface area (Å²) in [4.78, 5) is 37.7. The minimum Gasteiger partial charge on any atom is -0.478 e. The van der Waals surface area contributed by atoms with Gasteiger partial charge in [0, 0.05) is 24.3 Å². The zero-order chi connectivity index (χ0) is 22.1. The molecule has 0 spiro atoms. The number of rotatable bonds is 4. The van der Waals surface area contributed by atoms with E-state index in [1.807, 2.05) is 34.9 Å². The minimum absolute atomic E-state index is 0.0174. The van der Waals surface area contributed by atoms with Crippen molar-refractivity contribution < 1.29 is 19.5 Å². The first-order valence-corrected chi connectivity index (χ1v) is 10.1. The summed E-state index contributed by atoms with van der Waals surface area (Å²) >= 11 is 6.50. The molecule has 0 aliphatic carbocycles. The zero-order valence-electron chi connectivity index (χ0n) is 16.8. The minimum atomic E-state index is -1.13. The molecule has 1 aromatic heterocycles. The van der Waals surface area contributed by atoms with Crippen molar-refractivity contribution in [2.24, 2.45) is 0 Å². The fourth-order valence-corrected chi connectivity index (χ4v) is 4.19. The molecule has 2 N–H and O–H groups in total. The third-order valence-electron chi connectivity index (χ3n) is 5.34. The number of urea groups is 1. The molecule has 7 nitrogen and oxygen atoms in total. The van der Waals surface area contributed by atoms with Gasteiger partial charge in [0.05, 0.1) is 23.0 Å². The van der Waals surface area contributed by atoms with E-state index in [0.29, 0.717) is 35.7 Å². The Kier molecular flexibility index (Phi) is 5.52. The summed E-state index contributed by atoms with van der Waals surface area (Å²) in [6, 6.07) is 15.6. The summed E-state index contributed by atoms with van der Waals surface area (Å²) in [5.74, 6) is -1.18. The number of aromatic nitrogens is 1. The first-order valence-electron chi connectivity index (χ1n) is 9.73. The second-order valence-corrected chi connectivity index (χ2v) is 7.67. The van der Waals surface area contributed by atoms with Crippen molar-refractivity contribution in [2.75, 3.05) is 11.9 Å². The number of carboxylic acids is 1. The normalized spacial score (nSPS) is 12.9. The highest BCUT2D eigenvalue weighted by Gasteiger charge is 2.32. The van der Waals surface area contributed by atoms with Crippen molar-refractivity contribution in [1.82, 2.24) is 9.47 Å². The van der Waals surface area contributed by atoms with Crippen LogP contribution in [0.3, 0.4) is 0 Å². The molecule has 2 heterocycles. The highest BCUT2D eigenvalue weighted by atomic mass is 35.5. The van der Waals surface area contributed by atoms with Gasteiger partial charge in [-0.15, -0.1) is 0 Å². The van der Waals surface area contributed by atoms with Gasteiger partial charge in [-0.1, -0.05) is 41.9 Å². The van der Waals surface area contributed by atoms with Gasteiger partial charge in [-0.25, -0.2) is 9.59 Å². The lowest BCUT2D eigenvalue weighted by atomic mass is 10.1. The highest BCUT2D eigenvalue weighted by molar-refractivity contribution is 6.36. The molecule has 0 saturated carbocycles. The second-order valence-electron chi connectivity index (χ2n) is 7.29.